The normalized spacial score (nSPS) is 16.7. The van der Waals surface area contributed by atoms with E-state index in [2.05, 4.69) is 17.5 Å². The highest BCUT2D eigenvalue weighted by molar-refractivity contribution is 7.80. The van der Waals surface area contributed by atoms with Crippen molar-refractivity contribution >= 4 is 22.9 Å². The van der Waals surface area contributed by atoms with Gasteiger partial charge in [-0.1, -0.05) is 12.2 Å². The summed E-state index contributed by atoms with van der Waals surface area (Å²) in [7, 11) is 0. The predicted molar refractivity (Wildman–Crippen MR) is 79.4 cm³/mol. The second kappa shape index (κ2) is 6.62. The summed E-state index contributed by atoms with van der Waals surface area (Å²) in [4.78, 5) is -0.252. The van der Waals surface area contributed by atoms with Crippen LogP contribution in [-0.4, -0.2) is 24.7 Å². The molecule has 0 amide bonds. The van der Waals surface area contributed by atoms with E-state index in [4.69, 9.17) is 10.5 Å². The summed E-state index contributed by atoms with van der Waals surface area (Å²) in [6, 6.07) is 3.95. The van der Waals surface area contributed by atoms with Crippen LogP contribution in [0.2, 0.25) is 0 Å². The summed E-state index contributed by atoms with van der Waals surface area (Å²) in [5.74, 6) is 0.420. The SMILES string of the molecule is NC(=S)c1ccc(NCC2CCOCC2)cc1C(F)(F)F. The molecule has 3 nitrogen and oxygen atoms in total. The van der Waals surface area contributed by atoms with Gasteiger partial charge in [-0.3, -0.25) is 0 Å². The standard InChI is InChI=1S/C14H17F3N2OS/c15-14(16,17)12-7-10(1-2-11(12)13(18)21)19-8-9-3-5-20-6-4-9/h1-2,7,9,19H,3-6,8H2,(H2,18,21). The van der Waals surface area contributed by atoms with E-state index < -0.39 is 11.7 Å². The maximum Gasteiger partial charge on any atom is 0.417 e. The first-order valence-electron chi connectivity index (χ1n) is 6.70. The second-order valence-electron chi connectivity index (χ2n) is 5.06. The number of hydrogen-bond acceptors (Lipinski definition) is 3. The largest absolute Gasteiger partial charge is 0.417 e. The number of nitrogens with one attached hydrogen (secondary N) is 1. The zero-order chi connectivity index (χ0) is 15.5. The molecular formula is C14H17F3N2OS. The molecule has 116 valence electrons. The van der Waals surface area contributed by atoms with Crippen molar-refractivity contribution in [3.05, 3.63) is 29.3 Å². The van der Waals surface area contributed by atoms with Gasteiger partial charge in [-0.15, -0.1) is 0 Å². The average Bonchev–Trinajstić information content (AvgIpc) is 2.45. The van der Waals surface area contributed by atoms with Crippen LogP contribution in [0.15, 0.2) is 18.2 Å². The van der Waals surface area contributed by atoms with E-state index in [1.165, 1.54) is 6.07 Å². The molecule has 0 spiro atoms. The van der Waals surface area contributed by atoms with Crippen molar-refractivity contribution in [2.75, 3.05) is 25.1 Å². The Kier molecular flexibility index (Phi) is 5.05. The molecule has 0 saturated carbocycles. The lowest BCUT2D eigenvalue weighted by Gasteiger charge is -2.23. The molecule has 2 rings (SSSR count). The Morgan fingerprint density at radius 2 is 2.00 bits per heavy atom. The van der Waals surface area contributed by atoms with E-state index in [1.54, 1.807) is 6.07 Å². The molecule has 0 radical (unpaired) electrons. The van der Waals surface area contributed by atoms with E-state index in [-0.39, 0.29) is 10.6 Å². The van der Waals surface area contributed by atoms with Crippen LogP contribution in [0.1, 0.15) is 24.0 Å². The highest BCUT2D eigenvalue weighted by atomic mass is 32.1. The van der Waals surface area contributed by atoms with E-state index in [1.807, 2.05) is 0 Å². The number of halogens is 3. The fourth-order valence-corrected chi connectivity index (χ4v) is 2.49. The molecule has 0 bridgehead atoms. The van der Waals surface area contributed by atoms with Gasteiger partial charge in [-0.2, -0.15) is 13.2 Å². The van der Waals surface area contributed by atoms with Crippen LogP contribution in [0.4, 0.5) is 18.9 Å². The Bertz CT molecular complexity index is 513. The van der Waals surface area contributed by atoms with E-state index in [0.29, 0.717) is 31.4 Å². The van der Waals surface area contributed by atoms with Crippen LogP contribution in [-0.2, 0) is 10.9 Å². The first kappa shape index (κ1) is 16.0. The van der Waals surface area contributed by atoms with Crippen molar-refractivity contribution in [2.45, 2.75) is 19.0 Å². The van der Waals surface area contributed by atoms with Gasteiger partial charge >= 0.3 is 6.18 Å². The minimum absolute atomic E-state index is 0.144. The highest BCUT2D eigenvalue weighted by Gasteiger charge is 2.34. The first-order chi connectivity index (χ1) is 9.88. The average molecular weight is 318 g/mol. The maximum absolute atomic E-state index is 13.0. The number of hydrogen-bond donors (Lipinski definition) is 2. The highest BCUT2D eigenvalue weighted by Crippen LogP contribution is 2.34. The molecule has 1 fully saturated rings. The third-order valence-corrected chi connectivity index (χ3v) is 3.75. The zero-order valence-corrected chi connectivity index (χ0v) is 12.2. The Labute approximate surface area is 126 Å². The molecule has 0 atom stereocenters. The molecular weight excluding hydrogens is 301 g/mol. The van der Waals surface area contributed by atoms with Gasteiger partial charge in [0, 0.05) is 31.0 Å². The fourth-order valence-electron chi connectivity index (χ4n) is 2.32. The Morgan fingerprint density at radius 1 is 1.33 bits per heavy atom. The third-order valence-electron chi connectivity index (χ3n) is 3.53. The van der Waals surface area contributed by atoms with Crippen LogP contribution in [0.3, 0.4) is 0 Å². The molecule has 1 aliphatic heterocycles. The first-order valence-corrected chi connectivity index (χ1v) is 7.11. The van der Waals surface area contributed by atoms with Gasteiger partial charge in [0.25, 0.3) is 0 Å². The van der Waals surface area contributed by atoms with Gasteiger partial charge < -0.3 is 15.8 Å². The van der Waals surface area contributed by atoms with Gasteiger partial charge in [0.15, 0.2) is 0 Å². The fraction of sp³-hybridized carbons (Fsp3) is 0.500. The summed E-state index contributed by atoms with van der Waals surface area (Å²) >= 11 is 4.67. The molecule has 0 unspecified atom stereocenters. The Hall–Kier alpha value is -1.34. The van der Waals surface area contributed by atoms with Crippen molar-refractivity contribution in [2.24, 2.45) is 11.7 Å². The van der Waals surface area contributed by atoms with Crippen LogP contribution < -0.4 is 11.1 Å². The van der Waals surface area contributed by atoms with Crippen LogP contribution >= 0.6 is 12.2 Å². The van der Waals surface area contributed by atoms with E-state index >= 15 is 0 Å². The molecule has 21 heavy (non-hydrogen) atoms. The predicted octanol–water partition coefficient (Wildman–Crippen LogP) is 3.18. The van der Waals surface area contributed by atoms with Gasteiger partial charge in [0.2, 0.25) is 0 Å². The maximum atomic E-state index is 13.0. The minimum atomic E-state index is -4.48. The molecule has 1 aromatic carbocycles. The summed E-state index contributed by atoms with van der Waals surface area (Å²) < 4.78 is 44.3. The van der Waals surface area contributed by atoms with Crippen molar-refractivity contribution in [3.63, 3.8) is 0 Å². The van der Waals surface area contributed by atoms with Crippen molar-refractivity contribution in [1.29, 1.82) is 0 Å². The summed E-state index contributed by atoms with van der Waals surface area (Å²) in [6.07, 6.45) is -2.64. The van der Waals surface area contributed by atoms with Gasteiger partial charge in [-0.25, -0.2) is 0 Å². The van der Waals surface area contributed by atoms with Crippen molar-refractivity contribution in [3.8, 4) is 0 Å². The molecule has 1 aromatic rings. The number of thiocarbonyl (C=S) groups is 1. The zero-order valence-electron chi connectivity index (χ0n) is 11.4. The smallest absolute Gasteiger partial charge is 0.389 e. The lowest BCUT2D eigenvalue weighted by Crippen LogP contribution is -2.23. The Balaban J connectivity index is 2.11. The van der Waals surface area contributed by atoms with Crippen LogP contribution in [0.5, 0.6) is 0 Å². The summed E-state index contributed by atoms with van der Waals surface area (Å²) in [5, 5.41) is 3.05. The molecule has 0 aliphatic carbocycles. The van der Waals surface area contributed by atoms with Gasteiger partial charge in [0.05, 0.1) is 5.56 Å². The quantitative estimate of drug-likeness (QED) is 0.837. The lowest BCUT2D eigenvalue weighted by molar-refractivity contribution is -0.137. The van der Waals surface area contributed by atoms with Crippen LogP contribution in [0.25, 0.3) is 0 Å². The topological polar surface area (TPSA) is 47.3 Å². The molecule has 3 N–H and O–H groups in total. The van der Waals surface area contributed by atoms with Crippen LogP contribution in [0, 0.1) is 5.92 Å². The molecule has 1 saturated heterocycles. The monoisotopic (exact) mass is 318 g/mol. The summed E-state index contributed by atoms with van der Waals surface area (Å²) in [6.45, 7) is 2.05. The minimum Gasteiger partial charge on any atom is -0.389 e. The number of anilines is 1. The van der Waals surface area contributed by atoms with Crippen molar-refractivity contribution < 1.29 is 17.9 Å². The Morgan fingerprint density at radius 3 is 2.57 bits per heavy atom. The van der Waals surface area contributed by atoms with Gasteiger partial charge in [-0.05, 0) is 37.0 Å². The molecule has 0 aromatic heterocycles. The lowest BCUT2D eigenvalue weighted by atomic mass is 10.00. The number of rotatable bonds is 4. The van der Waals surface area contributed by atoms with Crippen molar-refractivity contribution in [1.82, 2.24) is 0 Å². The van der Waals surface area contributed by atoms with Gasteiger partial charge in [0.1, 0.15) is 4.99 Å². The number of alkyl halides is 3. The number of ether oxygens (including phenoxy) is 1. The molecule has 7 heteroatoms. The van der Waals surface area contributed by atoms with E-state index in [0.717, 1.165) is 18.9 Å². The number of nitrogens with two attached hydrogens (primary N) is 1. The molecule has 1 aliphatic rings. The third kappa shape index (κ3) is 4.31. The summed E-state index contributed by atoms with van der Waals surface area (Å²) in [5.41, 5.74) is 4.83. The van der Waals surface area contributed by atoms with E-state index in [9.17, 15) is 13.2 Å². The number of benzene rings is 1. The second-order valence-corrected chi connectivity index (χ2v) is 5.50. The molecule has 1 heterocycles.